The van der Waals surface area contributed by atoms with Crippen LogP contribution in [0, 0.1) is 20.8 Å². The van der Waals surface area contributed by atoms with Crippen LogP contribution in [0.15, 0.2) is 33.4 Å². The van der Waals surface area contributed by atoms with Crippen LogP contribution in [0.25, 0.3) is 0 Å². The molecule has 2 aromatic heterocycles. The molecule has 0 aliphatic carbocycles. The molecule has 0 aliphatic rings. The van der Waals surface area contributed by atoms with Crippen molar-refractivity contribution in [1.29, 1.82) is 0 Å². The molecule has 0 bridgehead atoms. The van der Waals surface area contributed by atoms with E-state index in [-0.39, 0.29) is 18.2 Å². The van der Waals surface area contributed by atoms with E-state index in [9.17, 15) is 4.79 Å². The van der Waals surface area contributed by atoms with Crippen LogP contribution in [0.3, 0.4) is 0 Å². The maximum Gasteiger partial charge on any atom is 0.274 e. The summed E-state index contributed by atoms with van der Waals surface area (Å²) in [6, 6.07) is 5.89. The van der Waals surface area contributed by atoms with Gasteiger partial charge in [-0.05, 0) is 60.8 Å². The smallest absolute Gasteiger partial charge is 0.274 e. The van der Waals surface area contributed by atoms with Crippen molar-refractivity contribution in [2.24, 2.45) is 0 Å². The third-order valence-corrected chi connectivity index (χ3v) is 5.40. The largest absolute Gasteiger partial charge is 0.488 e. The Balaban J connectivity index is 1.72. The Morgan fingerprint density at radius 2 is 2.11 bits per heavy atom. The molecule has 7 nitrogen and oxygen atoms in total. The monoisotopic (exact) mass is 446 g/mol. The van der Waals surface area contributed by atoms with Gasteiger partial charge >= 0.3 is 0 Å². The van der Waals surface area contributed by atoms with Crippen LogP contribution < -0.4 is 10.1 Å². The number of carbonyl (C=O) groups excluding carboxylic acids is 1. The first-order chi connectivity index (χ1) is 13.4. The number of halogens is 1. The van der Waals surface area contributed by atoms with Crippen molar-refractivity contribution in [3.8, 4) is 5.75 Å². The fourth-order valence-electron chi connectivity index (χ4n) is 2.85. The SMILES string of the molecule is CCn1ncc(Br)c1CNC(=O)c1noc(C)c1COc1cccc(C)c1C. The third kappa shape index (κ3) is 4.11. The fraction of sp³-hybridized carbons (Fsp3) is 0.350. The average Bonchev–Trinajstić information content (AvgIpc) is 3.23. The molecule has 0 saturated carbocycles. The zero-order chi connectivity index (χ0) is 20.3. The van der Waals surface area contributed by atoms with Crippen molar-refractivity contribution < 1.29 is 14.1 Å². The molecular formula is C20H23BrN4O3. The summed E-state index contributed by atoms with van der Waals surface area (Å²) in [5.41, 5.74) is 3.99. The summed E-state index contributed by atoms with van der Waals surface area (Å²) in [5.74, 6) is 1.03. The van der Waals surface area contributed by atoms with Crippen LogP contribution in [0.2, 0.25) is 0 Å². The van der Waals surface area contributed by atoms with Gasteiger partial charge < -0.3 is 14.6 Å². The van der Waals surface area contributed by atoms with Crippen LogP contribution in [0.5, 0.6) is 5.75 Å². The van der Waals surface area contributed by atoms with Crippen LogP contribution >= 0.6 is 15.9 Å². The first-order valence-corrected chi connectivity index (χ1v) is 9.84. The number of benzene rings is 1. The molecule has 28 heavy (non-hydrogen) atoms. The first-order valence-electron chi connectivity index (χ1n) is 9.04. The lowest BCUT2D eigenvalue weighted by atomic mass is 10.1. The normalized spacial score (nSPS) is 10.9. The molecule has 1 N–H and O–H groups in total. The van der Waals surface area contributed by atoms with Crippen molar-refractivity contribution in [2.45, 2.75) is 47.4 Å². The number of aromatic nitrogens is 3. The lowest BCUT2D eigenvalue weighted by Crippen LogP contribution is -2.26. The van der Waals surface area contributed by atoms with Gasteiger partial charge in [-0.15, -0.1) is 0 Å². The average molecular weight is 447 g/mol. The molecule has 3 rings (SSSR count). The van der Waals surface area contributed by atoms with E-state index in [1.165, 1.54) is 0 Å². The molecule has 1 aromatic carbocycles. The molecule has 0 unspecified atom stereocenters. The third-order valence-electron chi connectivity index (χ3n) is 4.74. The van der Waals surface area contributed by atoms with E-state index in [0.717, 1.165) is 33.6 Å². The van der Waals surface area contributed by atoms with Crippen molar-refractivity contribution in [3.63, 3.8) is 0 Å². The number of ether oxygens (including phenoxy) is 1. The van der Waals surface area contributed by atoms with Gasteiger partial charge in [0.25, 0.3) is 5.91 Å². The highest BCUT2D eigenvalue weighted by atomic mass is 79.9. The molecule has 0 saturated heterocycles. The van der Waals surface area contributed by atoms with Crippen LogP contribution in [-0.4, -0.2) is 20.8 Å². The van der Waals surface area contributed by atoms with Crippen molar-refractivity contribution in [2.75, 3.05) is 0 Å². The van der Waals surface area contributed by atoms with Gasteiger partial charge in [0.15, 0.2) is 5.69 Å². The number of carbonyl (C=O) groups is 1. The molecule has 0 fully saturated rings. The summed E-state index contributed by atoms with van der Waals surface area (Å²) < 4.78 is 13.9. The maximum atomic E-state index is 12.7. The molecule has 148 valence electrons. The Kier molecular flexibility index (Phi) is 6.18. The molecule has 0 spiro atoms. The Morgan fingerprint density at radius 1 is 1.32 bits per heavy atom. The van der Waals surface area contributed by atoms with Gasteiger partial charge in [0.05, 0.1) is 28.5 Å². The number of hydrogen-bond donors (Lipinski definition) is 1. The Bertz CT molecular complexity index is 993. The van der Waals surface area contributed by atoms with E-state index in [1.807, 2.05) is 43.7 Å². The van der Waals surface area contributed by atoms with Crippen LogP contribution in [0.4, 0.5) is 0 Å². The number of nitrogens with zero attached hydrogens (tertiary/aromatic N) is 3. The van der Waals surface area contributed by atoms with Gasteiger partial charge in [0.1, 0.15) is 18.1 Å². The second kappa shape index (κ2) is 8.60. The number of hydrogen-bond acceptors (Lipinski definition) is 5. The van der Waals surface area contributed by atoms with E-state index in [4.69, 9.17) is 9.26 Å². The van der Waals surface area contributed by atoms with Crippen LogP contribution in [0.1, 0.15) is 45.6 Å². The zero-order valence-electron chi connectivity index (χ0n) is 16.4. The summed E-state index contributed by atoms with van der Waals surface area (Å²) in [6.07, 6.45) is 1.72. The second-order valence-corrected chi connectivity index (χ2v) is 7.34. The molecule has 3 aromatic rings. The molecule has 2 heterocycles. The Morgan fingerprint density at radius 3 is 2.86 bits per heavy atom. The first kappa shape index (κ1) is 20.1. The Hall–Kier alpha value is -2.61. The topological polar surface area (TPSA) is 82.2 Å². The van der Waals surface area contributed by atoms with E-state index in [1.54, 1.807) is 13.1 Å². The quantitative estimate of drug-likeness (QED) is 0.590. The minimum absolute atomic E-state index is 0.207. The highest BCUT2D eigenvalue weighted by molar-refractivity contribution is 9.10. The van der Waals surface area contributed by atoms with Crippen molar-refractivity contribution in [3.05, 3.63) is 62.7 Å². The van der Waals surface area contributed by atoms with Gasteiger partial charge in [-0.25, -0.2) is 0 Å². The van der Waals surface area contributed by atoms with Gasteiger partial charge in [-0.1, -0.05) is 17.3 Å². The predicted molar refractivity (Wildman–Crippen MR) is 108 cm³/mol. The highest BCUT2D eigenvalue weighted by Crippen LogP contribution is 2.23. The summed E-state index contributed by atoms with van der Waals surface area (Å²) >= 11 is 3.46. The molecule has 0 aliphatic heterocycles. The predicted octanol–water partition coefficient (Wildman–Crippen LogP) is 4.09. The lowest BCUT2D eigenvalue weighted by molar-refractivity contribution is 0.0938. The number of nitrogens with one attached hydrogen (secondary N) is 1. The molecular weight excluding hydrogens is 424 g/mol. The number of aryl methyl sites for hydroxylation is 3. The maximum absolute atomic E-state index is 12.7. The van der Waals surface area contributed by atoms with Crippen LogP contribution in [-0.2, 0) is 19.7 Å². The number of rotatable bonds is 7. The molecule has 8 heteroatoms. The molecule has 1 amide bonds. The molecule has 0 atom stereocenters. The van der Waals surface area contributed by atoms with Gasteiger partial charge in [0, 0.05) is 6.54 Å². The van der Waals surface area contributed by atoms with E-state index in [2.05, 4.69) is 31.5 Å². The lowest BCUT2D eigenvalue weighted by Gasteiger charge is -2.11. The fourth-order valence-corrected chi connectivity index (χ4v) is 3.29. The summed E-state index contributed by atoms with van der Waals surface area (Å²) in [6.45, 7) is 9.06. The summed E-state index contributed by atoms with van der Waals surface area (Å²) in [5, 5.41) is 11.1. The second-order valence-electron chi connectivity index (χ2n) is 6.49. The highest BCUT2D eigenvalue weighted by Gasteiger charge is 2.21. The summed E-state index contributed by atoms with van der Waals surface area (Å²) in [7, 11) is 0. The summed E-state index contributed by atoms with van der Waals surface area (Å²) in [4.78, 5) is 12.7. The van der Waals surface area contributed by atoms with E-state index < -0.39 is 0 Å². The van der Waals surface area contributed by atoms with E-state index >= 15 is 0 Å². The number of amides is 1. The Labute approximate surface area is 172 Å². The van der Waals surface area contributed by atoms with E-state index in [0.29, 0.717) is 17.9 Å². The minimum Gasteiger partial charge on any atom is -0.488 e. The van der Waals surface area contributed by atoms with Crippen molar-refractivity contribution >= 4 is 21.8 Å². The van der Waals surface area contributed by atoms with Gasteiger partial charge in [0.2, 0.25) is 0 Å². The zero-order valence-corrected chi connectivity index (χ0v) is 18.0. The minimum atomic E-state index is -0.313. The standard InChI is InChI=1S/C20H23BrN4O3/c1-5-25-17(16(21)9-23-25)10-22-20(26)19-15(14(4)28-24-19)11-27-18-8-6-7-12(2)13(18)3/h6-9H,5,10-11H2,1-4H3,(H,22,26). The molecule has 0 radical (unpaired) electrons. The van der Waals surface area contributed by atoms with Gasteiger partial charge in [-0.3, -0.25) is 9.48 Å². The van der Waals surface area contributed by atoms with Crippen molar-refractivity contribution in [1.82, 2.24) is 20.3 Å². The van der Waals surface area contributed by atoms with Gasteiger partial charge in [-0.2, -0.15) is 5.10 Å².